The van der Waals surface area contributed by atoms with E-state index in [-0.39, 0.29) is 17.8 Å². The number of hydrogen-bond acceptors (Lipinski definition) is 7. The molecule has 1 N–H and O–H groups in total. The van der Waals surface area contributed by atoms with Crippen molar-refractivity contribution >= 4 is 11.5 Å². The third-order valence-corrected chi connectivity index (χ3v) is 5.10. The van der Waals surface area contributed by atoms with Gasteiger partial charge in [-0.2, -0.15) is 15.1 Å². The van der Waals surface area contributed by atoms with Crippen molar-refractivity contribution in [3.63, 3.8) is 0 Å². The molecule has 1 fully saturated rings. The summed E-state index contributed by atoms with van der Waals surface area (Å²) in [6.07, 6.45) is 6.90. The standard InChI is InChI=1S/C22H24N4O4.C3H8/c1-14(28-3)19-20(22-24-18(13-29-22)30-17-11-5-4-6-12-17)25-26(16-9-7-8-10-16)21(19)23-15(2)27;1-3-2/h4-6,11-13,16,27H,2,7-10H2,1,3H3;3H2,1-2H3/b19-14+,23-21+;. The van der Waals surface area contributed by atoms with E-state index in [2.05, 4.69) is 30.4 Å². The van der Waals surface area contributed by atoms with Crippen molar-refractivity contribution in [1.82, 2.24) is 9.99 Å². The van der Waals surface area contributed by atoms with Gasteiger partial charge < -0.3 is 19.0 Å². The molecular formula is C25H32N4O4. The maximum atomic E-state index is 9.79. The van der Waals surface area contributed by atoms with Crippen LogP contribution in [0.15, 0.2) is 74.9 Å². The van der Waals surface area contributed by atoms with E-state index in [0.29, 0.717) is 34.5 Å². The highest BCUT2D eigenvalue weighted by atomic mass is 16.5. The Hall–Kier alpha value is -3.55. The highest BCUT2D eigenvalue weighted by Crippen LogP contribution is 2.33. The van der Waals surface area contributed by atoms with Gasteiger partial charge in [0.1, 0.15) is 11.5 Å². The molecule has 0 atom stereocenters. The SMILES string of the molecule is C=C(O)/N=C1\C(=C(/C)OC)C(c2nc(Oc3ccccc3)co2)=NN1C1CCCC1.CCC. The number of oxazole rings is 1. The summed E-state index contributed by atoms with van der Waals surface area (Å²) in [5, 5.41) is 16.4. The van der Waals surface area contributed by atoms with Crippen molar-refractivity contribution in [2.75, 3.05) is 7.11 Å². The van der Waals surface area contributed by atoms with Crippen molar-refractivity contribution in [3.8, 4) is 11.6 Å². The molecule has 176 valence electrons. The van der Waals surface area contributed by atoms with Crippen molar-refractivity contribution in [2.45, 2.75) is 58.9 Å². The van der Waals surface area contributed by atoms with Crippen LogP contribution in [-0.2, 0) is 4.74 Å². The van der Waals surface area contributed by atoms with E-state index in [0.717, 1.165) is 25.7 Å². The molecule has 2 aromatic rings. The third-order valence-electron chi connectivity index (χ3n) is 5.10. The lowest BCUT2D eigenvalue weighted by atomic mass is 10.1. The highest BCUT2D eigenvalue weighted by molar-refractivity contribution is 6.31. The Morgan fingerprint density at radius 1 is 1.24 bits per heavy atom. The average molecular weight is 453 g/mol. The summed E-state index contributed by atoms with van der Waals surface area (Å²) in [5.74, 6) is 2.01. The molecule has 0 saturated heterocycles. The molecule has 0 unspecified atom stereocenters. The molecule has 0 spiro atoms. The monoisotopic (exact) mass is 452 g/mol. The van der Waals surface area contributed by atoms with Gasteiger partial charge in [0.2, 0.25) is 5.88 Å². The number of aliphatic hydroxyl groups is 1. The maximum Gasteiger partial charge on any atom is 0.258 e. The summed E-state index contributed by atoms with van der Waals surface area (Å²) in [4.78, 5) is 8.71. The fourth-order valence-electron chi connectivity index (χ4n) is 3.66. The minimum Gasteiger partial charge on any atom is -0.501 e. The van der Waals surface area contributed by atoms with Crippen LogP contribution in [0.2, 0.25) is 0 Å². The molecule has 0 radical (unpaired) electrons. The fourth-order valence-corrected chi connectivity index (χ4v) is 3.66. The summed E-state index contributed by atoms with van der Waals surface area (Å²) in [7, 11) is 1.57. The van der Waals surface area contributed by atoms with Gasteiger partial charge in [0.25, 0.3) is 11.8 Å². The highest BCUT2D eigenvalue weighted by Gasteiger charge is 2.39. The zero-order valence-electron chi connectivity index (χ0n) is 19.7. The van der Waals surface area contributed by atoms with Crippen LogP contribution in [0.25, 0.3) is 0 Å². The van der Waals surface area contributed by atoms with Crippen LogP contribution in [0.4, 0.5) is 0 Å². The van der Waals surface area contributed by atoms with Crippen LogP contribution in [0.3, 0.4) is 0 Å². The number of hydrogen-bond donors (Lipinski definition) is 1. The second kappa shape index (κ2) is 11.4. The van der Waals surface area contributed by atoms with E-state index in [1.807, 2.05) is 42.3 Å². The Morgan fingerprint density at radius 2 is 1.91 bits per heavy atom. The number of aromatic nitrogens is 1. The number of benzene rings is 1. The second-order valence-electron chi connectivity index (χ2n) is 7.83. The molecule has 1 aromatic carbocycles. The number of allylic oxidation sites excluding steroid dienone is 1. The van der Waals surface area contributed by atoms with Gasteiger partial charge in [0.15, 0.2) is 17.8 Å². The fraction of sp³-hybridized carbons (Fsp3) is 0.400. The van der Waals surface area contributed by atoms with Gasteiger partial charge in [-0.05, 0) is 38.5 Å². The number of hydrazone groups is 1. The van der Waals surface area contributed by atoms with Crippen LogP contribution in [-0.4, -0.2) is 39.8 Å². The summed E-state index contributed by atoms with van der Waals surface area (Å²) < 4.78 is 16.9. The van der Waals surface area contributed by atoms with Gasteiger partial charge in [-0.3, -0.25) is 0 Å². The van der Waals surface area contributed by atoms with Crippen molar-refractivity contribution in [1.29, 1.82) is 0 Å². The maximum absolute atomic E-state index is 9.79. The van der Waals surface area contributed by atoms with E-state index < -0.39 is 0 Å². The van der Waals surface area contributed by atoms with Gasteiger partial charge in [-0.25, -0.2) is 5.01 Å². The van der Waals surface area contributed by atoms with Gasteiger partial charge in [-0.1, -0.05) is 51.3 Å². The minimum absolute atomic E-state index is 0.176. The van der Waals surface area contributed by atoms with Gasteiger partial charge >= 0.3 is 0 Å². The lowest BCUT2D eigenvalue weighted by molar-refractivity contribution is 0.291. The number of para-hydroxylation sites is 1. The Morgan fingerprint density at radius 3 is 2.52 bits per heavy atom. The number of aliphatic hydroxyl groups excluding tert-OH is 1. The number of nitrogens with zero attached hydrogens (tertiary/aromatic N) is 4. The van der Waals surface area contributed by atoms with Crippen LogP contribution >= 0.6 is 0 Å². The summed E-state index contributed by atoms with van der Waals surface area (Å²) in [6, 6.07) is 9.51. The Balaban J connectivity index is 0.000000968. The van der Waals surface area contributed by atoms with Crippen molar-refractivity contribution in [2.24, 2.45) is 10.1 Å². The van der Waals surface area contributed by atoms with Crippen LogP contribution in [0, 0.1) is 0 Å². The molecule has 8 heteroatoms. The summed E-state index contributed by atoms with van der Waals surface area (Å²) in [6.45, 7) is 9.57. The molecule has 0 amide bonds. The number of aliphatic imine (C=N–C) groups is 1. The lowest BCUT2D eigenvalue weighted by Gasteiger charge is -2.22. The first-order valence-electron chi connectivity index (χ1n) is 11.3. The number of ether oxygens (including phenoxy) is 2. The van der Waals surface area contributed by atoms with Gasteiger partial charge in [-0.15, -0.1) is 0 Å². The molecule has 33 heavy (non-hydrogen) atoms. The zero-order valence-corrected chi connectivity index (χ0v) is 19.7. The molecular weight excluding hydrogens is 420 g/mol. The van der Waals surface area contributed by atoms with E-state index in [9.17, 15) is 5.11 Å². The number of amidine groups is 1. The quantitative estimate of drug-likeness (QED) is 0.525. The molecule has 8 nitrogen and oxygen atoms in total. The van der Waals surface area contributed by atoms with Gasteiger partial charge in [0.05, 0.1) is 18.7 Å². The average Bonchev–Trinajstić information content (AvgIpc) is 3.54. The third kappa shape index (κ3) is 5.83. The van der Waals surface area contributed by atoms with E-state index in [1.165, 1.54) is 12.7 Å². The zero-order chi connectivity index (χ0) is 23.8. The molecule has 1 aliphatic carbocycles. The molecule has 1 aliphatic heterocycles. The predicted octanol–water partition coefficient (Wildman–Crippen LogP) is 6.19. The minimum atomic E-state index is -0.300. The van der Waals surface area contributed by atoms with Crippen molar-refractivity contribution < 1.29 is 19.0 Å². The van der Waals surface area contributed by atoms with E-state index >= 15 is 0 Å². The molecule has 1 saturated carbocycles. The van der Waals surface area contributed by atoms with Gasteiger partial charge in [0, 0.05) is 0 Å². The first kappa shape index (κ1) is 24.1. The summed E-state index contributed by atoms with van der Waals surface area (Å²) >= 11 is 0. The number of methoxy groups -OCH3 is 1. The molecule has 4 rings (SSSR count). The van der Waals surface area contributed by atoms with E-state index in [4.69, 9.17) is 19.0 Å². The first-order chi connectivity index (χ1) is 16.0. The predicted molar refractivity (Wildman–Crippen MR) is 129 cm³/mol. The molecule has 1 aromatic heterocycles. The Labute approximate surface area is 194 Å². The van der Waals surface area contributed by atoms with Crippen molar-refractivity contribution in [3.05, 3.63) is 66.3 Å². The number of rotatable bonds is 6. The smallest absolute Gasteiger partial charge is 0.258 e. The molecule has 0 bridgehead atoms. The lowest BCUT2D eigenvalue weighted by Crippen LogP contribution is -2.32. The Bertz CT molecular complexity index is 1030. The topological polar surface area (TPSA) is 92.7 Å². The van der Waals surface area contributed by atoms with Crippen LogP contribution < -0.4 is 4.74 Å². The molecule has 2 heterocycles. The van der Waals surface area contributed by atoms with E-state index in [1.54, 1.807) is 7.11 Å². The first-order valence-corrected chi connectivity index (χ1v) is 11.3. The normalized spacial score (nSPS) is 18.6. The summed E-state index contributed by atoms with van der Waals surface area (Å²) in [5.41, 5.74) is 1.08. The van der Waals surface area contributed by atoms with Crippen LogP contribution in [0.1, 0.15) is 58.8 Å². The molecule has 2 aliphatic rings. The van der Waals surface area contributed by atoms with Crippen LogP contribution in [0.5, 0.6) is 11.6 Å². The Kier molecular flexibility index (Phi) is 8.29. The largest absolute Gasteiger partial charge is 0.501 e. The second-order valence-corrected chi connectivity index (χ2v) is 7.83.